The van der Waals surface area contributed by atoms with E-state index < -0.39 is 0 Å². The number of allylic oxidation sites excluding steroid dienone is 2. The molecule has 3 heteroatoms. The van der Waals surface area contributed by atoms with Crippen LogP contribution in [0.4, 0.5) is 0 Å². The Hall–Kier alpha value is -1.77. The zero-order chi connectivity index (χ0) is 13.5. The van der Waals surface area contributed by atoms with E-state index in [0.29, 0.717) is 6.54 Å². The molecule has 1 N–H and O–H groups in total. The van der Waals surface area contributed by atoms with E-state index in [9.17, 15) is 4.79 Å². The number of benzene rings is 1. The van der Waals surface area contributed by atoms with Crippen LogP contribution < -0.4 is 10.1 Å². The first-order valence-corrected chi connectivity index (χ1v) is 6.85. The topological polar surface area (TPSA) is 38.3 Å². The molecule has 0 aliphatic heterocycles. The minimum absolute atomic E-state index is 0.167. The fourth-order valence-corrected chi connectivity index (χ4v) is 2.30. The smallest absolute Gasteiger partial charge is 0.223 e. The minimum Gasteiger partial charge on any atom is -0.497 e. The average molecular weight is 259 g/mol. The van der Waals surface area contributed by atoms with Crippen LogP contribution in [0.25, 0.3) is 0 Å². The van der Waals surface area contributed by atoms with Crippen molar-refractivity contribution in [2.45, 2.75) is 25.7 Å². The van der Waals surface area contributed by atoms with Gasteiger partial charge in [0.05, 0.1) is 7.11 Å². The number of amides is 1. The summed E-state index contributed by atoms with van der Waals surface area (Å²) >= 11 is 0. The Morgan fingerprint density at radius 3 is 2.74 bits per heavy atom. The van der Waals surface area contributed by atoms with Gasteiger partial charge in [-0.25, -0.2) is 0 Å². The second kappa shape index (κ2) is 6.98. The standard InChI is InChI=1S/C16H21NO2/c1-19-15-9-7-13(8-10-15)11-12-17-16(18)14-5-3-2-4-6-14/h2-3,7-10,14H,4-6,11-12H2,1H3,(H,17,18). The highest BCUT2D eigenvalue weighted by atomic mass is 16.5. The SMILES string of the molecule is COc1ccc(CCNC(=O)C2CC=CCC2)cc1. The summed E-state index contributed by atoms with van der Waals surface area (Å²) in [6, 6.07) is 7.97. The van der Waals surface area contributed by atoms with Crippen LogP contribution >= 0.6 is 0 Å². The summed E-state index contributed by atoms with van der Waals surface area (Å²) < 4.78 is 5.12. The molecule has 1 atom stereocenters. The molecule has 0 fully saturated rings. The van der Waals surface area contributed by atoms with E-state index in [4.69, 9.17) is 4.74 Å². The maximum atomic E-state index is 11.9. The number of ether oxygens (including phenoxy) is 1. The van der Waals surface area contributed by atoms with E-state index >= 15 is 0 Å². The Kier molecular flexibility index (Phi) is 5.01. The van der Waals surface area contributed by atoms with Crippen LogP contribution in [0.15, 0.2) is 36.4 Å². The van der Waals surface area contributed by atoms with Gasteiger partial charge in [0.15, 0.2) is 0 Å². The van der Waals surface area contributed by atoms with Crippen molar-refractivity contribution in [3.63, 3.8) is 0 Å². The van der Waals surface area contributed by atoms with Crippen molar-refractivity contribution < 1.29 is 9.53 Å². The number of nitrogens with one attached hydrogen (secondary N) is 1. The van der Waals surface area contributed by atoms with Crippen LogP contribution in [0, 0.1) is 5.92 Å². The molecule has 2 rings (SSSR count). The highest BCUT2D eigenvalue weighted by molar-refractivity contribution is 5.78. The number of rotatable bonds is 5. The second-order valence-corrected chi connectivity index (χ2v) is 4.87. The Morgan fingerprint density at radius 1 is 1.32 bits per heavy atom. The lowest BCUT2D eigenvalue weighted by Crippen LogP contribution is -2.32. The molecule has 1 aromatic rings. The van der Waals surface area contributed by atoms with Crippen LogP contribution in [0.5, 0.6) is 5.75 Å². The fourth-order valence-electron chi connectivity index (χ4n) is 2.30. The van der Waals surface area contributed by atoms with Crippen LogP contribution in [0.1, 0.15) is 24.8 Å². The van der Waals surface area contributed by atoms with E-state index in [0.717, 1.165) is 31.4 Å². The molecule has 1 aliphatic rings. The Labute approximate surface area is 114 Å². The van der Waals surface area contributed by atoms with Gasteiger partial charge in [0.1, 0.15) is 5.75 Å². The quantitative estimate of drug-likeness (QED) is 0.826. The molecule has 0 heterocycles. The van der Waals surface area contributed by atoms with Gasteiger partial charge in [-0.3, -0.25) is 4.79 Å². The number of hydrogen-bond acceptors (Lipinski definition) is 2. The number of carbonyl (C=O) groups is 1. The third kappa shape index (κ3) is 4.12. The highest BCUT2D eigenvalue weighted by Gasteiger charge is 2.17. The van der Waals surface area contributed by atoms with Gasteiger partial charge < -0.3 is 10.1 Å². The summed E-state index contributed by atoms with van der Waals surface area (Å²) in [5.74, 6) is 1.22. The zero-order valence-electron chi connectivity index (χ0n) is 11.4. The third-order valence-electron chi connectivity index (χ3n) is 3.51. The van der Waals surface area contributed by atoms with Gasteiger partial charge in [-0.15, -0.1) is 0 Å². The van der Waals surface area contributed by atoms with Gasteiger partial charge in [0.25, 0.3) is 0 Å². The predicted molar refractivity (Wildman–Crippen MR) is 76.2 cm³/mol. The van der Waals surface area contributed by atoms with E-state index in [1.54, 1.807) is 7.11 Å². The van der Waals surface area contributed by atoms with Crippen molar-refractivity contribution in [2.75, 3.05) is 13.7 Å². The number of carbonyl (C=O) groups excluding carboxylic acids is 1. The van der Waals surface area contributed by atoms with Gasteiger partial charge in [-0.05, 0) is 43.4 Å². The minimum atomic E-state index is 0.167. The first kappa shape index (κ1) is 13.7. The zero-order valence-corrected chi connectivity index (χ0v) is 11.4. The maximum Gasteiger partial charge on any atom is 0.223 e. The molecule has 102 valence electrons. The molecular formula is C16H21NO2. The lowest BCUT2D eigenvalue weighted by atomic mass is 9.93. The van der Waals surface area contributed by atoms with E-state index in [2.05, 4.69) is 17.5 Å². The summed E-state index contributed by atoms with van der Waals surface area (Å²) in [6.45, 7) is 0.700. The summed E-state index contributed by atoms with van der Waals surface area (Å²) in [5, 5.41) is 3.03. The third-order valence-corrected chi connectivity index (χ3v) is 3.51. The molecular weight excluding hydrogens is 238 g/mol. The lowest BCUT2D eigenvalue weighted by Gasteiger charge is -2.17. The first-order valence-electron chi connectivity index (χ1n) is 6.85. The molecule has 0 saturated heterocycles. The molecule has 0 aromatic heterocycles. The summed E-state index contributed by atoms with van der Waals surface area (Å²) in [5.41, 5.74) is 1.21. The molecule has 3 nitrogen and oxygen atoms in total. The maximum absolute atomic E-state index is 11.9. The molecule has 1 aliphatic carbocycles. The Balaban J connectivity index is 1.73. The van der Waals surface area contributed by atoms with E-state index in [-0.39, 0.29) is 11.8 Å². The van der Waals surface area contributed by atoms with Crippen molar-refractivity contribution in [1.29, 1.82) is 0 Å². The van der Waals surface area contributed by atoms with Gasteiger partial charge in [0.2, 0.25) is 5.91 Å². The molecule has 0 bridgehead atoms. The molecule has 1 unspecified atom stereocenters. The van der Waals surface area contributed by atoms with Crippen LogP contribution in [0.3, 0.4) is 0 Å². The van der Waals surface area contributed by atoms with E-state index in [1.165, 1.54) is 5.56 Å². The fraction of sp³-hybridized carbons (Fsp3) is 0.438. The van der Waals surface area contributed by atoms with E-state index in [1.807, 2.05) is 24.3 Å². The average Bonchev–Trinajstić information content (AvgIpc) is 2.49. The van der Waals surface area contributed by atoms with Crippen molar-refractivity contribution >= 4 is 5.91 Å². The summed E-state index contributed by atoms with van der Waals surface area (Å²) in [6.07, 6.45) is 8.01. The Bertz CT molecular complexity index is 437. The Morgan fingerprint density at radius 2 is 2.11 bits per heavy atom. The van der Waals surface area contributed by atoms with Gasteiger partial charge in [-0.1, -0.05) is 24.3 Å². The highest BCUT2D eigenvalue weighted by Crippen LogP contribution is 2.18. The molecule has 0 saturated carbocycles. The van der Waals surface area contributed by atoms with Crippen LogP contribution in [-0.2, 0) is 11.2 Å². The second-order valence-electron chi connectivity index (χ2n) is 4.87. The number of methoxy groups -OCH3 is 1. The molecule has 19 heavy (non-hydrogen) atoms. The summed E-state index contributed by atoms with van der Waals surface area (Å²) in [7, 11) is 1.66. The van der Waals surface area contributed by atoms with Gasteiger partial charge in [-0.2, -0.15) is 0 Å². The van der Waals surface area contributed by atoms with Crippen molar-refractivity contribution in [3.05, 3.63) is 42.0 Å². The largest absolute Gasteiger partial charge is 0.497 e. The van der Waals surface area contributed by atoms with Crippen LogP contribution in [-0.4, -0.2) is 19.6 Å². The van der Waals surface area contributed by atoms with Crippen molar-refractivity contribution in [3.8, 4) is 5.75 Å². The number of hydrogen-bond donors (Lipinski definition) is 1. The normalized spacial score (nSPS) is 18.1. The lowest BCUT2D eigenvalue weighted by molar-refractivity contribution is -0.125. The summed E-state index contributed by atoms with van der Waals surface area (Å²) in [4.78, 5) is 11.9. The van der Waals surface area contributed by atoms with Gasteiger partial charge in [0, 0.05) is 12.5 Å². The molecule has 0 spiro atoms. The van der Waals surface area contributed by atoms with Crippen LogP contribution in [0.2, 0.25) is 0 Å². The van der Waals surface area contributed by atoms with Crippen molar-refractivity contribution in [1.82, 2.24) is 5.32 Å². The van der Waals surface area contributed by atoms with Crippen molar-refractivity contribution in [2.24, 2.45) is 5.92 Å². The first-order chi connectivity index (χ1) is 9.29. The molecule has 1 aromatic carbocycles. The van der Waals surface area contributed by atoms with Gasteiger partial charge >= 0.3 is 0 Å². The predicted octanol–water partition coefficient (Wildman–Crippen LogP) is 2.71. The molecule has 0 radical (unpaired) electrons. The monoisotopic (exact) mass is 259 g/mol. The molecule has 1 amide bonds.